The number of hydrogen-bond acceptors (Lipinski definition) is 3. The predicted octanol–water partition coefficient (Wildman–Crippen LogP) is 2.93. The summed E-state index contributed by atoms with van der Waals surface area (Å²) in [5, 5.41) is 0. The molecular weight excluding hydrogens is 248 g/mol. The van der Waals surface area contributed by atoms with Crippen LogP contribution in [0.2, 0.25) is 0 Å². The highest BCUT2D eigenvalue weighted by molar-refractivity contribution is 7.91. The molecule has 4 heteroatoms. The molecule has 1 aromatic rings. The molecule has 0 aliphatic carbocycles. The molecule has 0 N–H and O–H groups in total. The number of benzene rings is 1. The molecular formula is C14H22O3S. The number of hydrogen-bond donors (Lipinski definition) is 0. The van der Waals surface area contributed by atoms with Crippen LogP contribution in [0.5, 0.6) is 5.75 Å². The summed E-state index contributed by atoms with van der Waals surface area (Å²) in [6.07, 6.45) is 0. The Kier molecular flexibility index (Phi) is 5.20. The molecule has 3 nitrogen and oxygen atoms in total. The van der Waals surface area contributed by atoms with Gasteiger partial charge in [0.25, 0.3) is 0 Å². The minimum Gasteiger partial charge on any atom is -0.492 e. The molecule has 0 saturated heterocycles. The molecule has 0 aromatic heterocycles. The Balaban J connectivity index is 2.70. The summed E-state index contributed by atoms with van der Waals surface area (Å²) in [5.41, 5.74) is 2.24. The third-order valence-electron chi connectivity index (χ3n) is 2.97. The lowest BCUT2D eigenvalue weighted by atomic mass is 10.0. The van der Waals surface area contributed by atoms with E-state index in [0.717, 1.165) is 11.3 Å². The third-order valence-corrected chi connectivity index (χ3v) is 4.64. The highest BCUT2D eigenvalue weighted by Crippen LogP contribution is 2.24. The molecule has 1 rings (SSSR count). The standard InChI is InChI=1S/C14H22O3S/c1-5-18(15,16)9-8-17-14-10-13(11(2)3)7-6-12(14)4/h6-7,10-11H,5,8-9H2,1-4H3. The third kappa shape index (κ3) is 4.33. The van der Waals surface area contributed by atoms with Crippen molar-refractivity contribution in [3.63, 3.8) is 0 Å². The second-order valence-electron chi connectivity index (χ2n) is 4.76. The first kappa shape index (κ1) is 15.0. The summed E-state index contributed by atoms with van der Waals surface area (Å²) in [6.45, 7) is 8.08. The molecule has 0 aliphatic heterocycles. The summed E-state index contributed by atoms with van der Waals surface area (Å²) in [5.74, 6) is 1.47. The Morgan fingerprint density at radius 2 is 1.94 bits per heavy atom. The van der Waals surface area contributed by atoms with Crippen LogP contribution >= 0.6 is 0 Å². The molecule has 0 spiro atoms. The van der Waals surface area contributed by atoms with Gasteiger partial charge < -0.3 is 4.74 Å². The average molecular weight is 270 g/mol. The molecule has 18 heavy (non-hydrogen) atoms. The van der Waals surface area contributed by atoms with Crippen LogP contribution in [-0.2, 0) is 9.84 Å². The fourth-order valence-corrected chi connectivity index (χ4v) is 2.18. The van der Waals surface area contributed by atoms with Crippen molar-refractivity contribution in [1.29, 1.82) is 0 Å². The van der Waals surface area contributed by atoms with Gasteiger partial charge in [-0.1, -0.05) is 32.9 Å². The van der Waals surface area contributed by atoms with Crippen molar-refractivity contribution in [3.8, 4) is 5.75 Å². The van der Waals surface area contributed by atoms with Gasteiger partial charge in [0, 0.05) is 5.75 Å². The van der Waals surface area contributed by atoms with Gasteiger partial charge >= 0.3 is 0 Å². The van der Waals surface area contributed by atoms with E-state index in [9.17, 15) is 8.42 Å². The van der Waals surface area contributed by atoms with Crippen LogP contribution in [-0.4, -0.2) is 26.5 Å². The van der Waals surface area contributed by atoms with Gasteiger partial charge in [-0.15, -0.1) is 0 Å². The van der Waals surface area contributed by atoms with Gasteiger partial charge in [-0.05, 0) is 30.0 Å². The zero-order chi connectivity index (χ0) is 13.8. The Labute approximate surface area is 110 Å². The van der Waals surface area contributed by atoms with E-state index >= 15 is 0 Å². The van der Waals surface area contributed by atoms with Crippen molar-refractivity contribution >= 4 is 9.84 Å². The SMILES string of the molecule is CCS(=O)(=O)CCOc1cc(C(C)C)ccc1C. The van der Waals surface area contributed by atoms with E-state index in [1.165, 1.54) is 5.56 Å². The van der Waals surface area contributed by atoms with Gasteiger partial charge in [-0.2, -0.15) is 0 Å². The Bertz CT molecular complexity index is 490. The molecule has 0 bridgehead atoms. The van der Waals surface area contributed by atoms with Gasteiger partial charge in [0.2, 0.25) is 0 Å². The van der Waals surface area contributed by atoms with Crippen LogP contribution in [0.4, 0.5) is 0 Å². The van der Waals surface area contributed by atoms with Crippen LogP contribution in [0, 0.1) is 6.92 Å². The summed E-state index contributed by atoms with van der Waals surface area (Å²) in [6, 6.07) is 6.09. The zero-order valence-electron chi connectivity index (χ0n) is 11.6. The lowest BCUT2D eigenvalue weighted by molar-refractivity contribution is 0.338. The van der Waals surface area contributed by atoms with E-state index in [1.54, 1.807) is 6.92 Å². The van der Waals surface area contributed by atoms with Gasteiger partial charge in [0.15, 0.2) is 9.84 Å². The molecule has 0 aliphatic rings. The number of aryl methyl sites for hydroxylation is 1. The fourth-order valence-electron chi connectivity index (χ4n) is 1.55. The monoisotopic (exact) mass is 270 g/mol. The van der Waals surface area contributed by atoms with Gasteiger partial charge in [0.1, 0.15) is 12.4 Å². The van der Waals surface area contributed by atoms with Crippen LogP contribution in [0.1, 0.15) is 37.8 Å². The van der Waals surface area contributed by atoms with E-state index in [-0.39, 0.29) is 18.1 Å². The van der Waals surface area contributed by atoms with E-state index in [4.69, 9.17) is 4.74 Å². The number of ether oxygens (including phenoxy) is 1. The first-order valence-electron chi connectivity index (χ1n) is 6.29. The molecule has 0 saturated carbocycles. The maximum atomic E-state index is 11.4. The molecule has 0 unspecified atom stereocenters. The molecule has 0 fully saturated rings. The lowest BCUT2D eigenvalue weighted by Crippen LogP contribution is -2.16. The highest BCUT2D eigenvalue weighted by Gasteiger charge is 2.09. The van der Waals surface area contributed by atoms with Crippen molar-refractivity contribution in [2.75, 3.05) is 18.1 Å². The molecule has 0 atom stereocenters. The minimum atomic E-state index is -2.95. The highest BCUT2D eigenvalue weighted by atomic mass is 32.2. The van der Waals surface area contributed by atoms with E-state index in [1.807, 2.05) is 19.1 Å². The van der Waals surface area contributed by atoms with Crippen molar-refractivity contribution < 1.29 is 13.2 Å². The molecule has 1 aromatic carbocycles. The first-order chi connectivity index (χ1) is 8.35. The summed E-state index contributed by atoms with van der Waals surface area (Å²) in [4.78, 5) is 0. The van der Waals surface area contributed by atoms with Crippen LogP contribution in [0.15, 0.2) is 18.2 Å². The van der Waals surface area contributed by atoms with E-state index < -0.39 is 9.84 Å². The minimum absolute atomic E-state index is 0.0782. The molecule has 0 heterocycles. The Hall–Kier alpha value is -1.03. The second-order valence-corrected chi connectivity index (χ2v) is 7.24. The van der Waals surface area contributed by atoms with E-state index in [0.29, 0.717) is 5.92 Å². The summed E-state index contributed by atoms with van der Waals surface area (Å²) < 4.78 is 28.3. The van der Waals surface area contributed by atoms with Crippen LogP contribution < -0.4 is 4.74 Å². The van der Waals surface area contributed by atoms with Crippen molar-refractivity contribution in [3.05, 3.63) is 29.3 Å². The predicted molar refractivity (Wildman–Crippen MR) is 75.1 cm³/mol. The molecule has 0 radical (unpaired) electrons. The fraction of sp³-hybridized carbons (Fsp3) is 0.571. The summed E-state index contributed by atoms with van der Waals surface area (Å²) in [7, 11) is -2.95. The smallest absolute Gasteiger partial charge is 0.153 e. The van der Waals surface area contributed by atoms with Gasteiger partial charge in [-0.3, -0.25) is 0 Å². The largest absolute Gasteiger partial charge is 0.492 e. The van der Waals surface area contributed by atoms with Crippen molar-refractivity contribution in [2.24, 2.45) is 0 Å². The average Bonchev–Trinajstić information content (AvgIpc) is 2.31. The van der Waals surface area contributed by atoms with Gasteiger partial charge in [-0.25, -0.2) is 8.42 Å². The maximum absolute atomic E-state index is 11.4. The van der Waals surface area contributed by atoms with Crippen molar-refractivity contribution in [2.45, 2.75) is 33.6 Å². The zero-order valence-corrected chi connectivity index (χ0v) is 12.4. The van der Waals surface area contributed by atoms with Gasteiger partial charge in [0.05, 0.1) is 5.75 Å². The second kappa shape index (κ2) is 6.23. The first-order valence-corrected chi connectivity index (χ1v) is 8.11. The maximum Gasteiger partial charge on any atom is 0.153 e. The molecule has 102 valence electrons. The topological polar surface area (TPSA) is 43.4 Å². The normalized spacial score (nSPS) is 11.8. The molecule has 0 amide bonds. The number of rotatable bonds is 6. The van der Waals surface area contributed by atoms with E-state index in [2.05, 4.69) is 19.9 Å². The quantitative estimate of drug-likeness (QED) is 0.798. The lowest BCUT2D eigenvalue weighted by Gasteiger charge is -2.12. The summed E-state index contributed by atoms with van der Waals surface area (Å²) >= 11 is 0. The Morgan fingerprint density at radius 1 is 1.28 bits per heavy atom. The van der Waals surface area contributed by atoms with Crippen molar-refractivity contribution in [1.82, 2.24) is 0 Å². The van der Waals surface area contributed by atoms with Crippen LogP contribution in [0.25, 0.3) is 0 Å². The Morgan fingerprint density at radius 3 is 2.50 bits per heavy atom. The van der Waals surface area contributed by atoms with Crippen LogP contribution in [0.3, 0.4) is 0 Å². The number of sulfone groups is 1.